The van der Waals surface area contributed by atoms with Gasteiger partial charge in [0.15, 0.2) is 5.17 Å². The lowest BCUT2D eigenvalue weighted by Gasteiger charge is -2.08. The summed E-state index contributed by atoms with van der Waals surface area (Å²) in [4.78, 5) is 28.6. The fourth-order valence-electron chi connectivity index (χ4n) is 2.26. The molecule has 0 spiro atoms. The van der Waals surface area contributed by atoms with Crippen LogP contribution >= 0.6 is 35.0 Å². The molecule has 1 N–H and O–H groups in total. The molecule has 0 bridgehead atoms. The molecule has 1 saturated heterocycles. The van der Waals surface area contributed by atoms with Crippen molar-refractivity contribution < 1.29 is 14.3 Å². The SMILES string of the molecule is COc1c(Cl)cc(Cl)cc1/C=C1\SC(=NC(=O)c2ccccc2)NC1=O. The number of hydrogen-bond donors (Lipinski definition) is 1. The Balaban J connectivity index is 1.88. The average Bonchev–Trinajstić information content (AvgIpc) is 2.94. The normalized spacial score (nSPS) is 16.8. The number of thioether (sulfide) groups is 1. The van der Waals surface area contributed by atoms with Crippen LogP contribution in [0.5, 0.6) is 5.75 Å². The molecule has 0 unspecified atom stereocenters. The minimum Gasteiger partial charge on any atom is -0.495 e. The fourth-order valence-corrected chi connectivity index (χ4v) is 3.66. The number of methoxy groups -OCH3 is 1. The first-order chi connectivity index (χ1) is 12.5. The Kier molecular flexibility index (Phi) is 5.66. The second-order valence-electron chi connectivity index (χ2n) is 5.16. The second-order valence-corrected chi connectivity index (χ2v) is 7.04. The predicted molar refractivity (Wildman–Crippen MR) is 105 cm³/mol. The summed E-state index contributed by atoms with van der Waals surface area (Å²) in [6.07, 6.45) is 1.59. The Morgan fingerprint density at radius 3 is 2.65 bits per heavy atom. The van der Waals surface area contributed by atoms with Gasteiger partial charge in [0.1, 0.15) is 5.75 Å². The van der Waals surface area contributed by atoms with E-state index in [2.05, 4.69) is 10.3 Å². The van der Waals surface area contributed by atoms with Crippen LogP contribution in [0.2, 0.25) is 10.0 Å². The number of aliphatic imine (C=N–C) groups is 1. The summed E-state index contributed by atoms with van der Waals surface area (Å²) in [6, 6.07) is 11.8. The topological polar surface area (TPSA) is 67.8 Å². The van der Waals surface area contributed by atoms with Gasteiger partial charge >= 0.3 is 0 Å². The lowest BCUT2D eigenvalue weighted by atomic mass is 10.2. The van der Waals surface area contributed by atoms with Gasteiger partial charge in [-0.1, -0.05) is 41.4 Å². The van der Waals surface area contributed by atoms with Crippen molar-refractivity contribution in [2.45, 2.75) is 0 Å². The average molecular weight is 407 g/mol. The van der Waals surface area contributed by atoms with Gasteiger partial charge in [-0.2, -0.15) is 4.99 Å². The van der Waals surface area contributed by atoms with Crippen molar-refractivity contribution in [2.75, 3.05) is 7.11 Å². The molecule has 3 rings (SSSR count). The maximum Gasteiger partial charge on any atom is 0.279 e. The molecule has 5 nitrogen and oxygen atoms in total. The van der Waals surface area contributed by atoms with Crippen LogP contribution in [0.1, 0.15) is 15.9 Å². The molecule has 0 radical (unpaired) electrons. The quantitative estimate of drug-likeness (QED) is 0.766. The van der Waals surface area contributed by atoms with Crippen molar-refractivity contribution in [3.8, 4) is 5.75 Å². The van der Waals surface area contributed by atoms with Gasteiger partial charge in [-0.25, -0.2) is 0 Å². The van der Waals surface area contributed by atoms with E-state index in [1.165, 1.54) is 7.11 Å². The Morgan fingerprint density at radius 2 is 1.96 bits per heavy atom. The van der Waals surface area contributed by atoms with Crippen LogP contribution in [-0.2, 0) is 4.79 Å². The number of rotatable bonds is 3. The predicted octanol–water partition coefficient (Wildman–Crippen LogP) is 4.40. The van der Waals surface area contributed by atoms with E-state index in [0.717, 1.165) is 11.8 Å². The summed E-state index contributed by atoms with van der Waals surface area (Å²) in [5.74, 6) is -0.395. The monoisotopic (exact) mass is 406 g/mol. The molecule has 2 aromatic rings. The van der Waals surface area contributed by atoms with Crippen LogP contribution in [0, 0.1) is 0 Å². The second kappa shape index (κ2) is 7.95. The van der Waals surface area contributed by atoms with Gasteiger partial charge in [0.05, 0.1) is 17.0 Å². The number of benzene rings is 2. The van der Waals surface area contributed by atoms with Crippen molar-refractivity contribution >= 4 is 58.0 Å². The largest absolute Gasteiger partial charge is 0.495 e. The lowest BCUT2D eigenvalue weighted by molar-refractivity contribution is -0.115. The molecule has 26 heavy (non-hydrogen) atoms. The zero-order valence-corrected chi connectivity index (χ0v) is 15.8. The van der Waals surface area contributed by atoms with Crippen molar-refractivity contribution in [3.05, 3.63) is 68.5 Å². The standard InChI is InChI=1S/C18H12Cl2N2O3S/c1-25-15-11(7-12(19)9-13(15)20)8-14-17(24)22-18(26-14)21-16(23)10-5-3-2-4-6-10/h2-9H,1H3,(H,21,22,23,24)/b14-8-. The molecule has 8 heteroatoms. The molecule has 0 aliphatic carbocycles. The molecule has 0 aromatic heterocycles. The molecule has 132 valence electrons. The van der Waals surface area contributed by atoms with Gasteiger partial charge in [-0.05, 0) is 42.1 Å². The number of amidine groups is 1. The number of nitrogens with zero attached hydrogens (tertiary/aromatic N) is 1. The lowest BCUT2D eigenvalue weighted by Crippen LogP contribution is -2.20. The van der Waals surface area contributed by atoms with Crippen LogP contribution in [0.3, 0.4) is 0 Å². The number of nitrogens with one attached hydrogen (secondary N) is 1. The summed E-state index contributed by atoms with van der Waals surface area (Å²) in [5, 5.41) is 3.53. The first-order valence-electron chi connectivity index (χ1n) is 7.40. The number of carbonyl (C=O) groups excluding carboxylic acids is 2. The molecule has 0 saturated carbocycles. The maximum atomic E-state index is 12.2. The molecular formula is C18H12Cl2N2O3S. The highest BCUT2D eigenvalue weighted by Crippen LogP contribution is 2.36. The maximum absolute atomic E-state index is 12.2. The van der Waals surface area contributed by atoms with E-state index < -0.39 is 5.91 Å². The highest BCUT2D eigenvalue weighted by molar-refractivity contribution is 8.18. The molecule has 1 aliphatic rings. The zero-order chi connectivity index (χ0) is 18.7. The summed E-state index contributed by atoms with van der Waals surface area (Å²) in [6.45, 7) is 0. The first-order valence-corrected chi connectivity index (χ1v) is 8.97. The van der Waals surface area contributed by atoms with Gasteiger partial charge in [0.2, 0.25) is 0 Å². The van der Waals surface area contributed by atoms with E-state index in [1.54, 1.807) is 48.5 Å². The third-order valence-electron chi connectivity index (χ3n) is 3.40. The highest BCUT2D eigenvalue weighted by Gasteiger charge is 2.25. The van der Waals surface area contributed by atoms with Crippen LogP contribution in [0.15, 0.2) is 52.4 Å². The fraction of sp³-hybridized carbons (Fsp3) is 0.0556. The Morgan fingerprint density at radius 1 is 1.23 bits per heavy atom. The molecule has 1 heterocycles. The van der Waals surface area contributed by atoms with Crippen molar-refractivity contribution in [1.29, 1.82) is 0 Å². The smallest absolute Gasteiger partial charge is 0.279 e. The van der Waals surface area contributed by atoms with Crippen molar-refractivity contribution in [2.24, 2.45) is 4.99 Å². The van der Waals surface area contributed by atoms with Gasteiger partial charge in [-0.15, -0.1) is 0 Å². The molecule has 0 atom stereocenters. The molecular weight excluding hydrogens is 395 g/mol. The molecule has 1 aliphatic heterocycles. The van der Waals surface area contributed by atoms with E-state index in [-0.39, 0.29) is 11.1 Å². The summed E-state index contributed by atoms with van der Waals surface area (Å²) in [5.41, 5.74) is 0.994. The van der Waals surface area contributed by atoms with Crippen LogP contribution in [-0.4, -0.2) is 24.1 Å². The number of hydrogen-bond acceptors (Lipinski definition) is 4. The van der Waals surface area contributed by atoms with E-state index in [1.807, 2.05) is 0 Å². The van der Waals surface area contributed by atoms with Crippen molar-refractivity contribution in [1.82, 2.24) is 5.32 Å². The minimum absolute atomic E-state index is 0.210. The molecule has 1 fully saturated rings. The Bertz CT molecular complexity index is 943. The third kappa shape index (κ3) is 4.09. The first kappa shape index (κ1) is 18.5. The third-order valence-corrected chi connectivity index (χ3v) is 4.81. The van der Waals surface area contributed by atoms with Gasteiger partial charge < -0.3 is 10.1 Å². The number of amides is 2. The zero-order valence-electron chi connectivity index (χ0n) is 13.5. The van der Waals surface area contributed by atoms with Crippen LogP contribution in [0.25, 0.3) is 6.08 Å². The molecule has 2 aromatic carbocycles. The Labute approximate surface area is 164 Å². The summed E-state index contributed by atoms with van der Waals surface area (Å²) in [7, 11) is 1.48. The van der Waals surface area contributed by atoms with Gasteiger partial charge in [0, 0.05) is 16.1 Å². The van der Waals surface area contributed by atoms with Crippen LogP contribution < -0.4 is 10.1 Å². The number of carbonyl (C=O) groups is 2. The van der Waals surface area contributed by atoms with E-state index in [0.29, 0.717) is 31.8 Å². The van der Waals surface area contributed by atoms with E-state index in [9.17, 15) is 9.59 Å². The summed E-state index contributed by atoms with van der Waals surface area (Å²) >= 11 is 13.2. The van der Waals surface area contributed by atoms with E-state index >= 15 is 0 Å². The Hall–Kier alpha value is -2.28. The number of halogens is 2. The number of ether oxygens (including phenoxy) is 1. The molecule has 2 amide bonds. The van der Waals surface area contributed by atoms with Crippen molar-refractivity contribution in [3.63, 3.8) is 0 Å². The minimum atomic E-state index is -0.432. The van der Waals surface area contributed by atoms with Gasteiger partial charge in [-0.3, -0.25) is 9.59 Å². The van der Waals surface area contributed by atoms with Crippen LogP contribution in [0.4, 0.5) is 0 Å². The summed E-state index contributed by atoms with van der Waals surface area (Å²) < 4.78 is 5.27. The van der Waals surface area contributed by atoms with E-state index in [4.69, 9.17) is 27.9 Å². The highest BCUT2D eigenvalue weighted by atomic mass is 35.5. The van der Waals surface area contributed by atoms with Gasteiger partial charge in [0.25, 0.3) is 11.8 Å².